The average Bonchev–Trinajstić information content (AvgIpc) is 2.60. The number of carbonyl (C=O) groups is 1. The summed E-state index contributed by atoms with van der Waals surface area (Å²) in [5, 5.41) is 23.4. The Morgan fingerprint density at radius 2 is 1.71 bits per heavy atom. The SMILES string of the molecule is CC1C(NC2CCCCCC2O)CCC(C(=O)O)C1(C)C. The molecule has 2 fully saturated rings. The molecule has 122 valence electrons. The number of hydrogen-bond donors (Lipinski definition) is 3. The molecule has 0 aliphatic heterocycles. The molecule has 0 saturated heterocycles. The van der Waals surface area contributed by atoms with Gasteiger partial charge in [-0.25, -0.2) is 0 Å². The van der Waals surface area contributed by atoms with Crippen LogP contribution in [0.5, 0.6) is 0 Å². The summed E-state index contributed by atoms with van der Waals surface area (Å²) in [6.07, 6.45) is 6.80. The summed E-state index contributed by atoms with van der Waals surface area (Å²) in [6.45, 7) is 6.32. The van der Waals surface area contributed by atoms with Crippen LogP contribution in [0.15, 0.2) is 0 Å². The number of carboxylic acids is 1. The Bertz CT molecular complexity index is 369. The smallest absolute Gasteiger partial charge is 0.307 e. The van der Waals surface area contributed by atoms with Gasteiger partial charge in [0, 0.05) is 12.1 Å². The van der Waals surface area contributed by atoms with Gasteiger partial charge >= 0.3 is 5.97 Å². The highest BCUT2D eigenvalue weighted by Crippen LogP contribution is 2.45. The molecule has 0 aromatic rings. The average molecular weight is 297 g/mol. The summed E-state index contributed by atoms with van der Waals surface area (Å²) in [4.78, 5) is 11.4. The molecule has 4 heteroatoms. The normalized spacial score (nSPS) is 40.5. The first kappa shape index (κ1) is 16.8. The van der Waals surface area contributed by atoms with E-state index in [4.69, 9.17) is 0 Å². The highest BCUT2D eigenvalue weighted by Gasteiger charge is 2.46. The zero-order valence-electron chi connectivity index (χ0n) is 13.6. The van der Waals surface area contributed by atoms with Gasteiger partial charge in [0.1, 0.15) is 0 Å². The minimum atomic E-state index is -0.667. The van der Waals surface area contributed by atoms with E-state index >= 15 is 0 Å². The Morgan fingerprint density at radius 1 is 1.05 bits per heavy atom. The molecule has 2 aliphatic carbocycles. The Balaban J connectivity index is 2.03. The minimum Gasteiger partial charge on any atom is -0.481 e. The lowest BCUT2D eigenvalue weighted by molar-refractivity contribution is -0.150. The van der Waals surface area contributed by atoms with Gasteiger partial charge in [-0.2, -0.15) is 0 Å². The first-order chi connectivity index (χ1) is 9.84. The molecule has 2 aliphatic rings. The van der Waals surface area contributed by atoms with Gasteiger partial charge in [0.05, 0.1) is 12.0 Å². The molecule has 5 unspecified atom stereocenters. The maximum atomic E-state index is 11.4. The van der Waals surface area contributed by atoms with Crippen LogP contribution in [0.3, 0.4) is 0 Å². The van der Waals surface area contributed by atoms with E-state index < -0.39 is 5.97 Å². The van der Waals surface area contributed by atoms with Crippen molar-refractivity contribution in [3.05, 3.63) is 0 Å². The van der Waals surface area contributed by atoms with E-state index in [-0.39, 0.29) is 23.5 Å². The summed E-state index contributed by atoms with van der Waals surface area (Å²) < 4.78 is 0. The lowest BCUT2D eigenvalue weighted by atomic mass is 9.61. The van der Waals surface area contributed by atoms with Crippen molar-refractivity contribution in [3.63, 3.8) is 0 Å². The van der Waals surface area contributed by atoms with E-state index in [1.165, 1.54) is 12.8 Å². The standard InChI is InChI=1S/C17H31NO3/c1-11-13(10-9-12(16(20)21)17(11,2)3)18-14-7-5-4-6-8-15(14)19/h11-15,18-19H,4-10H2,1-3H3,(H,20,21). The second kappa shape index (κ2) is 6.66. The molecule has 21 heavy (non-hydrogen) atoms. The van der Waals surface area contributed by atoms with Crippen LogP contribution >= 0.6 is 0 Å². The third-order valence-electron chi connectivity index (χ3n) is 6.15. The van der Waals surface area contributed by atoms with Crippen molar-refractivity contribution in [3.8, 4) is 0 Å². The highest BCUT2D eigenvalue weighted by atomic mass is 16.4. The molecule has 0 radical (unpaired) electrons. The third-order valence-corrected chi connectivity index (χ3v) is 6.15. The van der Waals surface area contributed by atoms with Gasteiger partial charge in [-0.3, -0.25) is 4.79 Å². The van der Waals surface area contributed by atoms with Gasteiger partial charge in [0.25, 0.3) is 0 Å². The quantitative estimate of drug-likeness (QED) is 0.701. The minimum absolute atomic E-state index is 0.178. The van der Waals surface area contributed by atoms with Crippen LogP contribution in [0, 0.1) is 17.3 Å². The molecule has 0 spiro atoms. The predicted molar refractivity (Wildman–Crippen MR) is 83.1 cm³/mol. The van der Waals surface area contributed by atoms with E-state index in [0.717, 1.165) is 32.1 Å². The summed E-state index contributed by atoms with van der Waals surface area (Å²) in [7, 11) is 0. The molecule has 0 heterocycles. The topological polar surface area (TPSA) is 69.6 Å². The molecule has 0 amide bonds. The van der Waals surface area contributed by atoms with Crippen molar-refractivity contribution in [1.82, 2.24) is 5.32 Å². The first-order valence-electron chi connectivity index (χ1n) is 8.51. The van der Waals surface area contributed by atoms with Gasteiger partial charge in [0.15, 0.2) is 0 Å². The Kier molecular flexibility index (Phi) is 5.31. The van der Waals surface area contributed by atoms with Crippen molar-refractivity contribution >= 4 is 5.97 Å². The molecule has 2 saturated carbocycles. The third kappa shape index (κ3) is 3.59. The molecule has 3 N–H and O–H groups in total. The zero-order chi connectivity index (χ0) is 15.6. The van der Waals surface area contributed by atoms with Crippen LogP contribution in [0.25, 0.3) is 0 Å². The van der Waals surface area contributed by atoms with Gasteiger partial charge in [0.2, 0.25) is 0 Å². The van der Waals surface area contributed by atoms with Crippen molar-refractivity contribution in [1.29, 1.82) is 0 Å². The summed E-state index contributed by atoms with van der Waals surface area (Å²) in [6, 6.07) is 0.491. The fourth-order valence-corrected chi connectivity index (χ4v) is 4.23. The Labute approximate surface area is 128 Å². The molecule has 0 aromatic heterocycles. The lowest BCUT2D eigenvalue weighted by Crippen LogP contribution is -2.55. The summed E-state index contributed by atoms with van der Waals surface area (Å²) >= 11 is 0. The van der Waals surface area contributed by atoms with E-state index in [1.54, 1.807) is 0 Å². The Morgan fingerprint density at radius 3 is 2.38 bits per heavy atom. The number of carboxylic acid groups (broad SMARTS) is 1. The van der Waals surface area contributed by atoms with Crippen molar-refractivity contribution in [2.75, 3.05) is 0 Å². The Hall–Kier alpha value is -0.610. The fraction of sp³-hybridized carbons (Fsp3) is 0.941. The van der Waals surface area contributed by atoms with Crippen LogP contribution < -0.4 is 5.32 Å². The monoisotopic (exact) mass is 297 g/mol. The first-order valence-corrected chi connectivity index (χ1v) is 8.51. The molecule has 5 atom stereocenters. The summed E-state index contributed by atoms with van der Waals surface area (Å²) in [5.74, 6) is -0.632. The molecule has 2 rings (SSSR count). The molecule has 0 bridgehead atoms. The number of hydrogen-bond acceptors (Lipinski definition) is 3. The van der Waals surface area contributed by atoms with Gasteiger partial charge in [-0.05, 0) is 37.0 Å². The van der Waals surface area contributed by atoms with Crippen molar-refractivity contribution < 1.29 is 15.0 Å². The number of aliphatic hydroxyl groups excluding tert-OH is 1. The van der Waals surface area contributed by atoms with Crippen molar-refractivity contribution in [2.45, 2.75) is 83.9 Å². The van der Waals surface area contributed by atoms with Crippen LogP contribution in [0.2, 0.25) is 0 Å². The van der Waals surface area contributed by atoms with E-state index in [2.05, 4.69) is 26.1 Å². The summed E-state index contributed by atoms with van der Waals surface area (Å²) in [5.41, 5.74) is -0.211. The second-order valence-electron chi connectivity index (χ2n) is 7.66. The number of aliphatic carboxylic acids is 1. The molecular formula is C17H31NO3. The van der Waals surface area contributed by atoms with E-state index in [9.17, 15) is 15.0 Å². The van der Waals surface area contributed by atoms with Crippen LogP contribution in [0.1, 0.15) is 65.7 Å². The number of nitrogens with one attached hydrogen (secondary N) is 1. The largest absolute Gasteiger partial charge is 0.481 e. The number of rotatable bonds is 3. The highest BCUT2D eigenvalue weighted by molar-refractivity contribution is 5.71. The number of aliphatic hydroxyl groups is 1. The van der Waals surface area contributed by atoms with Crippen LogP contribution in [0.4, 0.5) is 0 Å². The van der Waals surface area contributed by atoms with Gasteiger partial charge < -0.3 is 15.5 Å². The van der Waals surface area contributed by atoms with E-state index in [1.807, 2.05) is 0 Å². The zero-order valence-corrected chi connectivity index (χ0v) is 13.6. The van der Waals surface area contributed by atoms with E-state index in [0.29, 0.717) is 12.0 Å². The predicted octanol–water partition coefficient (Wildman–Crippen LogP) is 2.80. The van der Waals surface area contributed by atoms with Crippen LogP contribution in [-0.2, 0) is 4.79 Å². The van der Waals surface area contributed by atoms with Gasteiger partial charge in [-0.15, -0.1) is 0 Å². The lowest BCUT2D eigenvalue weighted by Gasteiger charge is -2.47. The second-order valence-corrected chi connectivity index (χ2v) is 7.66. The van der Waals surface area contributed by atoms with Gasteiger partial charge in [-0.1, -0.05) is 40.0 Å². The maximum absolute atomic E-state index is 11.4. The fourth-order valence-electron chi connectivity index (χ4n) is 4.23. The maximum Gasteiger partial charge on any atom is 0.307 e. The van der Waals surface area contributed by atoms with Crippen LogP contribution in [-0.4, -0.2) is 34.4 Å². The molecule has 4 nitrogen and oxygen atoms in total. The van der Waals surface area contributed by atoms with Crippen molar-refractivity contribution in [2.24, 2.45) is 17.3 Å². The molecule has 0 aromatic carbocycles. The molecular weight excluding hydrogens is 266 g/mol.